The van der Waals surface area contributed by atoms with Crippen LogP contribution in [0.5, 0.6) is 17.2 Å². The summed E-state index contributed by atoms with van der Waals surface area (Å²) >= 11 is 12.6. The van der Waals surface area contributed by atoms with Gasteiger partial charge in [0.05, 0.1) is 16.0 Å². The van der Waals surface area contributed by atoms with E-state index in [4.69, 9.17) is 42.1 Å². The molecule has 2 amide bonds. The summed E-state index contributed by atoms with van der Waals surface area (Å²) < 4.78 is 23.3. The number of carbonyl (C=O) groups is 2. The lowest BCUT2D eigenvalue weighted by Crippen LogP contribution is -2.51. The number of hydrogen-bond acceptors (Lipinski definition) is 7. The molecule has 1 fully saturated rings. The minimum absolute atomic E-state index is 0.0535. The second-order valence-corrected chi connectivity index (χ2v) is 16.1. The predicted molar refractivity (Wildman–Crippen MR) is 219 cm³/mol. The van der Waals surface area contributed by atoms with Crippen LogP contribution in [0.2, 0.25) is 10.0 Å². The van der Waals surface area contributed by atoms with Crippen LogP contribution < -0.4 is 14.2 Å². The van der Waals surface area contributed by atoms with E-state index in [0.717, 1.165) is 59.3 Å². The molecule has 1 aliphatic rings. The topological polar surface area (TPSA) is 111 Å². The van der Waals surface area contributed by atoms with Crippen molar-refractivity contribution in [2.45, 2.75) is 84.5 Å². The lowest BCUT2D eigenvalue weighted by atomic mass is 9.94. The average Bonchev–Trinajstić information content (AvgIpc) is 4.00. The van der Waals surface area contributed by atoms with Gasteiger partial charge in [0.1, 0.15) is 31.3 Å². The number of nitrogens with zero attached hydrogens (tertiary/aromatic N) is 3. The summed E-state index contributed by atoms with van der Waals surface area (Å²) in [5, 5.41) is 11.2. The van der Waals surface area contributed by atoms with Crippen LogP contribution in [0.25, 0.3) is 0 Å². The van der Waals surface area contributed by atoms with E-state index in [1.807, 2.05) is 75.1 Å². The van der Waals surface area contributed by atoms with E-state index in [2.05, 4.69) is 17.1 Å². The van der Waals surface area contributed by atoms with Crippen LogP contribution >= 0.6 is 23.2 Å². The first kappa shape index (κ1) is 42.6. The van der Waals surface area contributed by atoms with Gasteiger partial charge in [-0.2, -0.15) is 0 Å². The summed E-state index contributed by atoms with van der Waals surface area (Å²) in [7, 11) is 1.70. The van der Waals surface area contributed by atoms with Crippen LogP contribution in [0.1, 0.15) is 67.9 Å². The molecule has 1 saturated carbocycles. The molecule has 3 aromatic carbocycles. The van der Waals surface area contributed by atoms with E-state index in [-0.39, 0.29) is 31.7 Å². The van der Waals surface area contributed by atoms with Crippen molar-refractivity contribution < 1.29 is 33.6 Å². The summed E-state index contributed by atoms with van der Waals surface area (Å²) in [6, 6.07) is 21.2. The third-order valence-corrected chi connectivity index (χ3v) is 10.1. The van der Waals surface area contributed by atoms with Crippen molar-refractivity contribution in [3.8, 4) is 17.2 Å². The SMILES string of the molecule is COCCCc1cc(CN(C(=O)C(Cc2ccc(OCCOc3c(Cl)cc(C)cc3Cl)cc2)CN(C(=O)O)C(C)(C)C)C2CC2)cc(OCc2ccncc2)c1. The standard InChI is InChI=1S/C44H53Cl2N3O7/c1-30-21-39(45)41(40(46)22-30)55-20-19-54-37-12-8-31(9-13-37)24-35(28-49(43(51)52)44(2,3)4)42(50)48(36-10-11-36)27-34-23-33(7-6-18-53-5)25-38(26-34)56-29-32-14-16-47-17-15-32/h8-9,12-17,21-23,25-26,35-36H,6-7,10-11,18-20,24,27-29H2,1-5H3,(H,51,52). The van der Waals surface area contributed by atoms with E-state index in [1.54, 1.807) is 31.6 Å². The first-order valence-electron chi connectivity index (χ1n) is 19.1. The van der Waals surface area contributed by atoms with Gasteiger partial charge in [0.2, 0.25) is 5.91 Å². The molecule has 4 aromatic rings. The number of rotatable bonds is 20. The van der Waals surface area contributed by atoms with Crippen molar-refractivity contribution in [1.29, 1.82) is 0 Å². The molecular formula is C44H53Cl2N3O7. The zero-order valence-corrected chi connectivity index (χ0v) is 34.4. The molecule has 10 nitrogen and oxygen atoms in total. The molecule has 0 radical (unpaired) electrons. The smallest absolute Gasteiger partial charge is 0.407 e. The van der Waals surface area contributed by atoms with E-state index in [9.17, 15) is 14.7 Å². The van der Waals surface area contributed by atoms with Crippen LogP contribution in [0.3, 0.4) is 0 Å². The minimum atomic E-state index is -1.06. The molecule has 300 valence electrons. The highest BCUT2D eigenvalue weighted by Gasteiger charge is 2.39. The molecule has 5 rings (SSSR count). The van der Waals surface area contributed by atoms with Crippen LogP contribution in [-0.4, -0.2) is 76.9 Å². The van der Waals surface area contributed by atoms with Crippen molar-refractivity contribution in [2.24, 2.45) is 5.92 Å². The Hall–Kier alpha value is -4.51. The Labute approximate surface area is 340 Å². The second-order valence-electron chi connectivity index (χ2n) is 15.3. The van der Waals surface area contributed by atoms with Gasteiger partial charge in [-0.25, -0.2) is 4.79 Å². The van der Waals surface area contributed by atoms with Gasteiger partial charge in [-0.15, -0.1) is 0 Å². The number of ether oxygens (including phenoxy) is 4. The highest BCUT2D eigenvalue weighted by atomic mass is 35.5. The molecule has 1 aromatic heterocycles. The highest BCUT2D eigenvalue weighted by Crippen LogP contribution is 2.35. The van der Waals surface area contributed by atoms with Gasteiger partial charge in [-0.3, -0.25) is 9.78 Å². The van der Waals surface area contributed by atoms with Crippen LogP contribution in [0.15, 0.2) is 79.1 Å². The number of aromatic nitrogens is 1. The summed E-state index contributed by atoms with van der Waals surface area (Å²) in [5.41, 5.74) is 4.20. The highest BCUT2D eigenvalue weighted by molar-refractivity contribution is 6.37. The molecule has 1 unspecified atom stereocenters. The molecule has 1 aliphatic carbocycles. The molecule has 0 saturated heterocycles. The van der Waals surface area contributed by atoms with E-state index < -0.39 is 17.6 Å². The van der Waals surface area contributed by atoms with E-state index in [0.29, 0.717) is 47.7 Å². The van der Waals surface area contributed by atoms with Gasteiger partial charge in [0, 0.05) is 50.8 Å². The zero-order valence-electron chi connectivity index (χ0n) is 32.9. The largest absolute Gasteiger partial charge is 0.490 e. The third kappa shape index (κ3) is 12.8. The fraction of sp³-hybridized carbons (Fsp3) is 0.432. The van der Waals surface area contributed by atoms with Gasteiger partial charge in [-0.05, 0) is 136 Å². The number of halogens is 2. The summed E-state index contributed by atoms with van der Waals surface area (Å²) in [5.74, 6) is 1.09. The maximum absolute atomic E-state index is 14.7. The van der Waals surface area contributed by atoms with Gasteiger partial charge < -0.3 is 33.9 Å². The Bertz CT molecular complexity index is 1880. The maximum Gasteiger partial charge on any atom is 0.407 e. The summed E-state index contributed by atoms with van der Waals surface area (Å²) in [6.07, 6.45) is 6.23. The van der Waals surface area contributed by atoms with Crippen LogP contribution in [-0.2, 0) is 35.5 Å². The Kier molecular flexibility index (Phi) is 15.3. The third-order valence-electron chi connectivity index (χ3n) is 9.56. The number of hydrogen-bond donors (Lipinski definition) is 1. The van der Waals surface area contributed by atoms with E-state index >= 15 is 0 Å². The normalized spacial score (nSPS) is 13.2. The molecular weight excluding hydrogens is 753 g/mol. The predicted octanol–water partition coefficient (Wildman–Crippen LogP) is 9.44. The Morgan fingerprint density at radius 1 is 0.839 bits per heavy atom. The lowest BCUT2D eigenvalue weighted by molar-refractivity contribution is -0.137. The Morgan fingerprint density at radius 3 is 2.12 bits per heavy atom. The Morgan fingerprint density at radius 2 is 1.50 bits per heavy atom. The first-order valence-corrected chi connectivity index (χ1v) is 19.8. The van der Waals surface area contributed by atoms with Gasteiger partial charge in [-0.1, -0.05) is 41.4 Å². The maximum atomic E-state index is 14.7. The van der Waals surface area contributed by atoms with E-state index in [1.165, 1.54) is 4.90 Å². The molecule has 1 atom stereocenters. The number of carboxylic acid groups (broad SMARTS) is 1. The molecule has 1 N–H and O–H groups in total. The average molecular weight is 807 g/mol. The quantitative estimate of drug-likeness (QED) is 0.0881. The fourth-order valence-electron chi connectivity index (χ4n) is 6.54. The monoisotopic (exact) mass is 805 g/mol. The van der Waals surface area contributed by atoms with Crippen LogP contribution in [0.4, 0.5) is 4.79 Å². The Balaban J connectivity index is 1.32. The number of benzene rings is 3. The zero-order chi connectivity index (χ0) is 40.2. The van der Waals surface area contributed by atoms with Gasteiger partial charge in [0.15, 0.2) is 5.75 Å². The lowest BCUT2D eigenvalue weighted by Gasteiger charge is -2.37. The van der Waals surface area contributed by atoms with Crippen molar-refractivity contribution in [2.75, 3.05) is 33.5 Å². The molecule has 12 heteroatoms. The van der Waals surface area contributed by atoms with Crippen LogP contribution in [0, 0.1) is 12.8 Å². The number of carbonyl (C=O) groups excluding carboxylic acids is 1. The minimum Gasteiger partial charge on any atom is -0.490 e. The molecule has 56 heavy (non-hydrogen) atoms. The molecule has 0 aliphatic heterocycles. The van der Waals surface area contributed by atoms with Crippen molar-refractivity contribution in [3.05, 3.63) is 117 Å². The van der Waals surface area contributed by atoms with Crippen molar-refractivity contribution >= 4 is 35.2 Å². The van der Waals surface area contributed by atoms with Crippen molar-refractivity contribution in [1.82, 2.24) is 14.8 Å². The number of methoxy groups -OCH3 is 1. The molecule has 1 heterocycles. The first-order chi connectivity index (χ1) is 26.8. The van der Waals surface area contributed by atoms with Gasteiger partial charge >= 0.3 is 6.09 Å². The number of aryl methyl sites for hydroxylation is 2. The number of pyridine rings is 1. The fourth-order valence-corrected chi connectivity index (χ4v) is 7.25. The van der Waals surface area contributed by atoms with Gasteiger partial charge in [0.25, 0.3) is 0 Å². The molecule has 0 bridgehead atoms. The molecule has 0 spiro atoms. The summed E-state index contributed by atoms with van der Waals surface area (Å²) in [4.78, 5) is 34.7. The summed E-state index contributed by atoms with van der Waals surface area (Å²) in [6.45, 7) is 9.43. The number of amides is 2. The van der Waals surface area contributed by atoms with Crippen molar-refractivity contribution in [3.63, 3.8) is 0 Å². The second kappa shape index (κ2) is 20.1.